The second-order valence-electron chi connectivity index (χ2n) is 4.06. The first kappa shape index (κ1) is 13.7. The van der Waals surface area contributed by atoms with Crippen molar-refractivity contribution >= 4 is 5.69 Å². The normalized spacial score (nSPS) is 10.3. The maximum Gasteiger partial charge on any atom is 0.315 e. The van der Waals surface area contributed by atoms with E-state index in [0.717, 1.165) is 0 Å². The van der Waals surface area contributed by atoms with Crippen LogP contribution in [0, 0.1) is 10.1 Å². The van der Waals surface area contributed by atoms with Crippen LogP contribution >= 0.6 is 0 Å². The molecule has 0 radical (unpaired) electrons. The summed E-state index contributed by atoms with van der Waals surface area (Å²) in [5, 5.41) is 13.9. The number of H-pyrrole nitrogens is 1. The minimum atomic E-state index is -0.564. The van der Waals surface area contributed by atoms with Crippen molar-refractivity contribution in [3.05, 3.63) is 38.7 Å². The highest BCUT2D eigenvalue weighted by Crippen LogP contribution is 2.40. The number of nitrogens with one attached hydrogen (secondary N) is 1. The fourth-order valence-corrected chi connectivity index (χ4v) is 1.87. The Morgan fingerprint density at radius 3 is 2.40 bits per heavy atom. The predicted octanol–water partition coefficient (Wildman–Crippen LogP) is 1.31. The molecule has 0 saturated heterocycles. The van der Waals surface area contributed by atoms with Crippen molar-refractivity contribution < 1.29 is 14.4 Å². The summed E-state index contributed by atoms with van der Waals surface area (Å²) in [6, 6.07) is 4.24. The van der Waals surface area contributed by atoms with Crippen LogP contribution in [-0.4, -0.2) is 28.9 Å². The molecule has 0 unspecified atom stereocenters. The molecule has 1 aromatic heterocycles. The van der Waals surface area contributed by atoms with Crippen LogP contribution in [0.25, 0.3) is 11.3 Å². The van der Waals surface area contributed by atoms with E-state index in [9.17, 15) is 14.9 Å². The molecule has 0 atom stereocenters. The third-order valence-corrected chi connectivity index (χ3v) is 2.85. The average molecular weight is 279 g/mol. The van der Waals surface area contributed by atoms with Gasteiger partial charge >= 0.3 is 5.69 Å². The standard InChI is InChI=1S/C12H13N3O5/c1-14-11(16)6-8(13-14)7-4-9(15(17)18)12(20-3)10(5-7)19-2/h4-6,13H,1-3H3. The zero-order chi connectivity index (χ0) is 14.9. The van der Waals surface area contributed by atoms with Gasteiger partial charge in [0.25, 0.3) is 5.56 Å². The fourth-order valence-electron chi connectivity index (χ4n) is 1.87. The monoisotopic (exact) mass is 279 g/mol. The molecule has 1 heterocycles. The Balaban J connectivity index is 2.69. The summed E-state index contributed by atoms with van der Waals surface area (Å²) in [5.41, 5.74) is 0.456. The molecule has 2 rings (SSSR count). The van der Waals surface area contributed by atoms with Gasteiger partial charge in [-0.1, -0.05) is 0 Å². The summed E-state index contributed by atoms with van der Waals surface area (Å²) >= 11 is 0. The van der Waals surface area contributed by atoms with Crippen LogP contribution in [0.1, 0.15) is 0 Å². The first-order chi connectivity index (χ1) is 9.47. The third-order valence-electron chi connectivity index (χ3n) is 2.85. The van der Waals surface area contributed by atoms with Gasteiger partial charge in [0, 0.05) is 24.7 Å². The number of hydrogen-bond donors (Lipinski definition) is 1. The molecule has 0 amide bonds. The highest BCUT2D eigenvalue weighted by molar-refractivity contribution is 5.70. The van der Waals surface area contributed by atoms with Gasteiger partial charge in [0.15, 0.2) is 5.75 Å². The second kappa shape index (κ2) is 5.08. The molecule has 0 aliphatic carbocycles. The van der Waals surface area contributed by atoms with Crippen molar-refractivity contribution in [3.8, 4) is 22.8 Å². The predicted molar refractivity (Wildman–Crippen MR) is 71.2 cm³/mol. The van der Waals surface area contributed by atoms with E-state index in [2.05, 4.69) is 5.10 Å². The summed E-state index contributed by atoms with van der Waals surface area (Å²) in [5.74, 6) is 0.265. The van der Waals surface area contributed by atoms with E-state index in [1.807, 2.05) is 0 Å². The molecule has 0 spiro atoms. The van der Waals surface area contributed by atoms with Crippen molar-refractivity contribution in [3.63, 3.8) is 0 Å². The highest BCUT2D eigenvalue weighted by Gasteiger charge is 2.22. The Morgan fingerprint density at radius 1 is 1.25 bits per heavy atom. The molecule has 1 N–H and O–H groups in total. The summed E-state index contributed by atoms with van der Waals surface area (Å²) in [4.78, 5) is 22.0. The van der Waals surface area contributed by atoms with E-state index in [0.29, 0.717) is 11.3 Å². The molecular weight excluding hydrogens is 266 g/mol. The molecule has 0 fully saturated rings. The lowest BCUT2D eigenvalue weighted by Gasteiger charge is -2.09. The van der Waals surface area contributed by atoms with Crippen LogP contribution in [-0.2, 0) is 7.05 Å². The van der Waals surface area contributed by atoms with Crippen molar-refractivity contribution in [2.45, 2.75) is 0 Å². The minimum Gasteiger partial charge on any atom is -0.493 e. The molecule has 20 heavy (non-hydrogen) atoms. The van der Waals surface area contributed by atoms with Gasteiger partial charge in [-0.3, -0.25) is 24.7 Å². The van der Waals surface area contributed by atoms with E-state index in [1.165, 1.54) is 31.0 Å². The zero-order valence-electron chi connectivity index (χ0n) is 11.2. The van der Waals surface area contributed by atoms with E-state index in [1.54, 1.807) is 13.1 Å². The minimum absolute atomic E-state index is 0.0412. The third kappa shape index (κ3) is 2.22. The van der Waals surface area contributed by atoms with Gasteiger partial charge < -0.3 is 9.47 Å². The van der Waals surface area contributed by atoms with Crippen molar-refractivity contribution in [2.75, 3.05) is 14.2 Å². The Kier molecular flexibility index (Phi) is 3.47. The lowest BCUT2D eigenvalue weighted by Crippen LogP contribution is -2.09. The summed E-state index contributed by atoms with van der Waals surface area (Å²) in [7, 11) is 4.27. The maximum atomic E-state index is 11.5. The number of nitrogens with zero attached hydrogens (tertiary/aromatic N) is 2. The highest BCUT2D eigenvalue weighted by atomic mass is 16.6. The smallest absolute Gasteiger partial charge is 0.315 e. The second-order valence-corrected chi connectivity index (χ2v) is 4.06. The van der Waals surface area contributed by atoms with Gasteiger partial charge in [0.1, 0.15) is 0 Å². The average Bonchev–Trinajstić information content (AvgIpc) is 2.76. The van der Waals surface area contributed by atoms with Gasteiger partial charge in [0.05, 0.1) is 24.8 Å². The molecule has 106 valence electrons. The van der Waals surface area contributed by atoms with Gasteiger partial charge in [-0.05, 0) is 6.07 Å². The van der Waals surface area contributed by atoms with E-state index in [-0.39, 0.29) is 22.7 Å². The largest absolute Gasteiger partial charge is 0.493 e. The Labute approximate surface area is 113 Å². The lowest BCUT2D eigenvalue weighted by atomic mass is 10.1. The number of ether oxygens (including phenoxy) is 2. The summed E-state index contributed by atoms with van der Waals surface area (Å²) < 4.78 is 11.4. The molecule has 1 aromatic carbocycles. The zero-order valence-corrected chi connectivity index (χ0v) is 11.2. The number of hydrogen-bond acceptors (Lipinski definition) is 5. The molecule has 0 bridgehead atoms. The molecule has 0 saturated carbocycles. The quantitative estimate of drug-likeness (QED) is 0.671. The number of aryl methyl sites for hydroxylation is 1. The number of aromatic amines is 1. The topological polar surface area (TPSA) is 99.4 Å². The van der Waals surface area contributed by atoms with Crippen LogP contribution in [0.3, 0.4) is 0 Å². The van der Waals surface area contributed by atoms with Crippen molar-refractivity contribution in [1.82, 2.24) is 9.78 Å². The maximum absolute atomic E-state index is 11.5. The Morgan fingerprint density at radius 2 is 1.95 bits per heavy atom. The van der Waals surface area contributed by atoms with E-state index >= 15 is 0 Å². The SMILES string of the molecule is COc1cc(-c2cc(=O)n(C)[nH]2)cc([N+](=O)[O-])c1OC. The first-order valence-electron chi connectivity index (χ1n) is 5.64. The van der Waals surface area contributed by atoms with Gasteiger partial charge in [-0.2, -0.15) is 0 Å². The van der Waals surface area contributed by atoms with Crippen molar-refractivity contribution in [1.29, 1.82) is 0 Å². The van der Waals surface area contributed by atoms with E-state index < -0.39 is 4.92 Å². The Bertz CT molecular complexity index is 716. The number of nitro benzene ring substituents is 1. The van der Waals surface area contributed by atoms with Crippen molar-refractivity contribution in [2.24, 2.45) is 7.05 Å². The molecular formula is C12H13N3O5. The van der Waals surface area contributed by atoms with E-state index in [4.69, 9.17) is 9.47 Å². The number of benzene rings is 1. The van der Waals surface area contributed by atoms with Crippen LogP contribution in [0.15, 0.2) is 23.0 Å². The van der Waals surface area contributed by atoms with Gasteiger partial charge in [-0.25, -0.2) is 0 Å². The van der Waals surface area contributed by atoms with Gasteiger partial charge in [0.2, 0.25) is 5.75 Å². The van der Waals surface area contributed by atoms with Crippen LogP contribution in [0.4, 0.5) is 5.69 Å². The van der Waals surface area contributed by atoms with Crippen LogP contribution in [0.5, 0.6) is 11.5 Å². The fraction of sp³-hybridized carbons (Fsp3) is 0.250. The molecule has 8 nitrogen and oxygen atoms in total. The number of rotatable bonds is 4. The summed E-state index contributed by atoms with van der Waals surface area (Å²) in [6.45, 7) is 0. The van der Waals surface area contributed by atoms with Crippen LogP contribution < -0.4 is 15.0 Å². The first-order valence-corrected chi connectivity index (χ1v) is 5.64. The lowest BCUT2D eigenvalue weighted by molar-refractivity contribution is -0.385. The van der Waals surface area contributed by atoms with Gasteiger partial charge in [-0.15, -0.1) is 0 Å². The van der Waals surface area contributed by atoms with Crippen LogP contribution in [0.2, 0.25) is 0 Å². The Hall–Kier alpha value is -2.77. The number of methoxy groups -OCH3 is 2. The molecule has 0 aliphatic rings. The number of aromatic nitrogens is 2. The summed E-state index contributed by atoms with van der Waals surface area (Å²) in [6.07, 6.45) is 0. The molecule has 8 heteroatoms. The number of nitro groups is 1. The molecule has 2 aromatic rings. The molecule has 0 aliphatic heterocycles.